The van der Waals surface area contributed by atoms with E-state index in [4.69, 9.17) is 19.4 Å². The monoisotopic (exact) mass is 1450 g/mol. The summed E-state index contributed by atoms with van der Waals surface area (Å²) in [7, 11) is 0. The molecule has 4 heterocycles. The Balaban J connectivity index is 1.23. The van der Waals surface area contributed by atoms with E-state index in [0.717, 1.165) is 127 Å². The molecule has 0 fully saturated rings. The van der Waals surface area contributed by atoms with Crippen LogP contribution >= 0.6 is 0 Å². The van der Waals surface area contributed by atoms with Gasteiger partial charge in [-0.2, -0.15) is 10.5 Å². The van der Waals surface area contributed by atoms with E-state index >= 15 is 0 Å². The van der Waals surface area contributed by atoms with Crippen LogP contribution in [0.15, 0.2) is 243 Å². The summed E-state index contributed by atoms with van der Waals surface area (Å²) in [5.74, 6) is 4.25. The molecule has 10 heteroatoms. The van der Waals surface area contributed by atoms with Gasteiger partial charge in [0.2, 0.25) is 0 Å². The first kappa shape index (κ1) is 79.4. The summed E-state index contributed by atoms with van der Waals surface area (Å²) in [5, 5.41) is 30.3. The van der Waals surface area contributed by atoms with Crippen LogP contribution in [0.5, 0.6) is 11.5 Å². The molecule has 0 aliphatic heterocycles. The maximum absolute atomic E-state index is 12.8. The molecule has 0 spiro atoms. The van der Waals surface area contributed by atoms with Crippen LogP contribution in [-0.2, 0) is 0 Å². The molecule has 0 aliphatic carbocycles. The van der Waals surface area contributed by atoms with Gasteiger partial charge in [0.15, 0.2) is 0 Å². The van der Waals surface area contributed by atoms with Crippen molar-refractivity contribution in [2.45, 2.75) is 162 Å². The predicted molar refractivity (Wildman–Crippen MR) is 466 cm³/mol. The number of ether oxygens (including phenoxy) is 2. The van der Waals surface area contributed by atoms with E-state index in [1.807, 2.05) is 48.5 Å². The molecule has 110 heavy (non-hydrogen) atoms. The summed E-state index contributed by atoms with van der Waals surface area (Å²) in [5.41, 5.74) is 11.4. The van der Waals surface area contributed by atoms with Crippen LogP contribution in [0.25, 0.3) is 66.2 Å². The molecule has 0 amide bonds. The first-order valence-corrected chi connectivity index (χ1v) is 40.4. The second-order valence-electron chi connectivity index (χ2n) is 36.7. The molecule has 12 aromatic rings. The first-order valence-electron chi connectivity index (χ1n) is 40.4. The Kier molecular flexibility index (Phi) is 24.8. The number of benzene rings is 8. The molecule has 8 aromatic carbocycles. The highest BCUT2D eigenvalue weighted by molar-refractivity contribution is 6.85. The number of aromatic nitrogens is 4. The van der Waals surface area contributed by atoms with Crippen LogP contribution in [0.3, 0.4) is 0 Å². The summed E-state index contributed by atoms with van der Waals surface area (Å²) in [6.45, 7) is 37.9. The van der Waals surface area contributed by atoms with Gasteiger partial charge in [-0.25, -0.2) is 9.97 Å². The molecule has 12 rings (SSSR count). The number of rotatable bonds is 28. The molecule has 562 valence electrons. The highest BCUT2D eigenvalue weighted by Crippen LogP contribution is 2.41. The zero-order chi connectivity index (χ0) is 78.1. The van der Waals surface area contributed by atoms with Gasteiger partial charge in [0.1, 0.15) is 34.8 Å². The molecule has 0 bridgehead atoms. The quantitative estimate of drug-likeness (QED) is 0.0453. The molecular weight excluding hydrogens is 1340 g/mol. The van der Waals surface area contributed by atoms with Crippen molar-refractivity contribution in [1.82, 2.24) is 18.9 Å². The maximum Gasteiger partial charge on any atom is 0.328 e. The summed E-state index contributed by atoms with van der Waals surface area (Å²) < 4.78 is 19.1. The lowest BCUT2D eigenvalue weighted by molar-refractivity contribution is 0.147. The van der Waals surface area contributed by atoms with Crippen molar-refractivity contribution in [3.05, 3.63) is 265 Å². The van der Waals surface area contributed by atoms with Crippen molar-refractivity contribution in [3.8, 4) is 46.2 Å². The van der Waals surface area contributed by atoms with Gasteiger partial charge < -0.3 is 18.4 Å². The van der Waals surface area contributed by atoms with Crippen LogP contribution in [0.4, 0.5) is 0 Å². The Bertz CT molecular complexity index is 4890. The van der Waals surface area contributed by atoms with E-state index in [1.165, 1.54) is 12.8 Å². The van der Waals surface area contributed by atoms with Gasteiger partial charge in [0, 0.05) is 32.9 Å². The number of nitrogens with zero attached hydrogens (tertiary/aromatic N) is 6. The lowest BCUT2D eigenvalue weighted by atomic mass is 9.50. The Hall–Kier alpha value is -10.2. The lowest BCUT2D eigenvalue weighted by Crippen LogP contribution is -2.54. The molecule has 8 nitrogen and oxygen atoms in total. The molecular formula is C100H114B2N6O2. The number of hydrogen-bond donors (Lipinski definition) is 0. The second kappa shape index (κ2) is 34.4. The fourth-order valence-electron chi connectivity index (χ4n) is 17.8. The summed E-state index contributed by atoms with van der Waals surface area (Å²) in [6.07, 6.45) is 8.95. The molecule has 6 atom stereocenters. The average Bonchev–Trinajstić information content (AvgIpc) is 1.52. The fourth-order valence-corrected chi connectivity index (χ4v) is 17.8. The van der Waals surface area contributed by atoms with Crippen molar-refractivity contribution >= 4 is 79.3 Å². The number of nitriles is 2. The van der Waals surface area contributed by atoms with Gasteiger partial charge in [-0.3, -0.25) is 0 Å². The van der Waals surface area contributed by atoms with Gasteiger partial charge >= 0.3 is 13.7 Å². The Morgan fingerprint density at radius 1 is 0.364 bits per heavy atom. The third-order valence-corrected chi connectivity index (χ3v) is 22.2. The fraction of sp³-hybridized carbons (Fsp3) is 0.360. The highest BCUT2D eigenvalue weighted by atomic mass is 16.5. The SMILES string of the molecule is CC(CCC(COc1ccc(-c2c3/c(=C(\C#N)c4ccc5ccccc5n4)n(B(c4ccccc4)c4ccccc4)c(-c4ccc(OCC(CCC(C)CC(C)(C)C)C(C)CC(C)(C)C)cc4)c3/c(=C(\C#N)c3ccc4ccccc4n3)n2B(c2ccccc2)c2ccccc2)cc1)C(C)CC(C)(C)C)CC(C)(C)C. The van der Waals surface area contributed by atoms with Crippen LogP contribution in [0, 0.1) is 79.8 Å². The van der Waals surface area contributed by atoms with E-state index < -0.39 is 13.7 Å². The topological polar surface area (TPSA) is 102 Å². The largest absolute Gasteiger partial charge is 0.493 e. The molecule has 4 aromatic heterocycles. The van der Waals surface area contributed by atoms with Crippen LogP contribution in [-0.4, -0.2) is 45.8 Å². The Labute approximate surface area is 657 Å². The number of fused-ring (bicyclic) bond motifs is 3. The van der Waals surface area contributed by atoms with E-state index in [0.29, 0.717) is 82.0 Å². The first-order chi connectivity index (χ1) is 52.6. The summed E-state index contributed by atoms with van der Waals surface area (Å²) in [4.78, 5) is 11.0. The van der Waals surface area contributed by atoms with E-state index in [1.54, 1.807) is 0 Å². The normalized spacial score (nSPS) is 14.4. The third-order valence-electron chi connectivity index (χ3n) is 22.2. The minimum Gasteiger partial charge on any atom is -0.493 e. The molecule has 0 saturated heterocycles. The van der Waals surface area contributed by atoms with E-state index in [2.05, 4.69) is 326 Å². The molecule has 0 saturated carbocycles. The van der Waals surface area contributed by atoms with Crippen molar-refractivity contribution in [2.24, 2.45) is 57.2 Å². The number of para-hydroxylation sites is 2. The van der Waals surface area contributed by atoms with Gasteiger partial charge in [-0.15, -0.1) is 0 Å². The summed E-state index contributed by atoms with van der Waals surface area (Å²) in [6, 6.07) is 90.3. The smallest absolute Gasteiger partial charge is 0.328 e. The molecule has 6 unspecified atom stereocenters. The Morgan fingerprint density at radius 3 is 0.964 bits per heavy atom. The third kappa shape index (κ3) is 19.3. The van der Waals surface area contributed by atoms with Crippen molar-refractivity contribution in [2.75, 3.05) is 13.2 Å². The minimum absolute atomic E-state index is 0.157. The van der Waals surface area contributed by atoms with Crippen molar-refractivity contribution in [1.29, 1.82) is 10.5 Å². The van der Waals surface area contributed by atoms with Gasteiger partial charge in [-0.05, 0) is 180 Å². The maximum atomic E-state index is 12.8. The Morgan fingerprint density at radius 2 is 0.664 bits per heavy atom. The van der Waals surface area contributed by atoms with Crippen LogP contribution in [0.2, 0.25) is 0 Å². The second-order valence-corrected chi connectivity index (χ2v) is 36.7. The van der Waals surface area contributed by atoms with Crippen molar-refractivity contribution in [3.63, 3.8) is 0 Å². The molecule has 0 radical (unpaired) electrons. The van der Waals surface area contributed by atoms with E-state index in [9.17, 15) is 10.5 Å². The zero-order valence-corrected chi connectivity index (χ0v) is 68.3. The van der Waals surface area contributed by atoms with Gasteiger partial charge in [0.25, 0.3) is 0 Å². The van der Waals surface area contributed by atoms with Gasteiger partial charge in [0.05, 0.1) is 46.3 Å². The van der Waals surface area contributed by atoms with Crippen molar-refractivity contribution < 1.29 is 9.47 Å². The molecule has 0 N–H and O–H groups in total. The predicted octanol–water partition coefficient (Wildman–Crippen LogP) is 21.5. The van der Waals surface area contributed by atoms with E-state index in [-0.39, 0.29) is 21.7 Å². The van der Waals surface area contributed by atoms with Crippen LogP contribution < -0.4 is 42.0 Å². The highest BCUT2D eigenvalue weighted by Gasteiger charge is 2.38. The zero-order valence-electron chi connectivity index (χ0n) is 68.3. The number of pyridine rings is 2. The lowest BCUT2D eigenvalue weighted by Gasteiger charge is -2.31. The number of hydrogen-bond acceptors (Lipinski definition) is 6. The molecule has 0 aliphatic rings. The van der Waals surface area contributed by atoms with Crippen LogP contribution in [0.1, 0.15) is 174 Å². The average molecular weight is 1450 g/mol. The summed E-state index contributed by atoms with van der Waals surface area (Å²) >= 11 is 0. The minimum atomic E-state index is -0.571. The van der Waals surface area contributed by atoms with Gasteiger partial charge in [-0.1, -0.05) is 315 Å². The standard InChI is InChI=1S/C100H114B2N6O2/c1-69(61-97(5,6)7)45-47-77(71(3)63-99(11,12)13)67-109-83-55-49-75(50-56-83)93-91-92(96(86(66-104)90-60-54-74-34-30-32-44-88(74)106-90)107(93)101(79-35-21-17-22-36-79)80-37-23-18-24-38-80)94(76-51-57-84(58-52-76)110-68-78(72(4)64-100(14,15)16)48-46-70(2)62-98(8,9)10)108(102(81-39-25-19-26-40-81)82-41-27-20-28-42-82)95(91)85(65-103)89-59-53-73-33-29-31-43-87(73)105-89/h17-44,49-60,69-72,77-78H,45-48,61-64,67-68H2,1-16H3/b95-85-,96-86-.